The second-order valence-electron chi connectivity index (χ2n) is 9.75. The molecule has 0 spiro atoms. The van der Waals surface area contributed by atoms with Gasteiger partial charge >= 0.3 is 0 Å². The number of hydrogen-bond donors (Lipinski definition) is 0. The van der Waals surface area contributed by atoms with Gasteiger partial charge in [0.2, 0.25) is 0 Å². The van der Waals surface area contributed by atoms with E-state index in [1.54, 1.807) is 0 Å². The summed E-state index contributed by atoms with van der Waals surface area (Å²) < 4.78 is 0. The van der Waals surface area contributed by atoms with Gasteiger partial charge in [-0.3, -0.25) is 0 Å². The Morgan fingerprint density at radius 1 is 1.06 bits per heavy atom. The Morgan fingerprint density at radius 2 is 2.03 bits per heavy atom. The average Bonchev–Trinajstić information content (AvgIpc) is 3.23. The Morgan fingerprint density at radius 3 is 2.91 bits per heavy atom. The van der Waals surface area contributed by atoms with Crippen molar-refractivity contribution in [2.45, 2.75) is 57.0 Å². The minimum atomic E-state index is 0.343. The zero-order valence-electron chi connectivity index (χ0n) is 19.0. The summed E-state index contributed by atoms with van der Waals surface area (Å²) in [6, 6.07) is 3.05. The predicted molar refractivity (Wildman–Crippen MR) is 133 cm³/mol. The van der Waals surface area contributed by atoms with E-state index in [0.717, 1.165) is 32.1 Å². The summed E-state index contributed by atoms with van der Waals surface area (Å²) in [5, 5.41) is 9.21. The Bertz CT molecular complexity index is 1200. The Balaban J connectivity index is 1.42. The predicted octanol–water partition coefficient (Wildman–Crippen LogP) is 5.94. The third-order valence-corrected chi connectivity index (χ3v) is 8.07. The second kappa shape index (κ2) is 8.57. The van der Waals surface area contributed by atoms with Crippen LogP contribution in [0.5, 0.6) is 0 Å². The van der Waals surface area contributed by atoms with E-state index in [9.17, 15) is 5.26 Å². The molecule has 164 valence electrons. The van der Waals surface area contributed by atoms with E-state index in [1.807, 2.05) is 6.20 Å². The first-order chi connectivity index (χ1) is 16.3. The molecule has 6 rings (SSSR count). The number of fused-ring (bicyclic) bond motifs is 3. The van der Waals surface area contributed by atoms with Crippen LogP contribution in [0.1, 0.15) is 44.9 Å². The van der Waals surface area contributed by atoms with Crippen LogP contribution in [0.2, 0.25) is 0 Å². The fourth-order valence-corrected chi connectivity index (χ4v) is 6.57. The maximum absolute atomic E-state index is 9.21. The lowest BCUT2D eigenvalue weighted by molar-refractivity contribution is 0.273. The van der Waals surface area contributed by atoms with Crippen LogP contribution in [-0.2, 0) is 0 Å². The van der Waals surface area contributed by atoms with Crippen molar-refractivity contribution in [3.8, 4) is 17.9 Å². The van der Waals surface area contributed by atoms with Crippen molar-refractivity contribution in [2.24, 2.45) is 22.7 Å². The number of aliphatic imine (C=N–C) groups is 1. The summed E-state index contributed by atoms with van der Waals surface area (Å²) in [7, 11) is 0. The van der Waals surface area contributed by atoms with Gasteiger partial charge in [-0.2, -0.15) is 5.26 Å². The first kappa shape index (κ1) is 20.3. The van der Waals surface area contributed by atoms with Crippen LogP contribution >= 0.6 is 0 Å². The largest absolute Gasteiger partial charge is 0.360 e. The minimum Gasteiger partial charge on any atom is -0.360 e. The van der Waals surface area contributed by atoms with Gasteiger partial charge in [0, 0.05) is 30.2 Å². The fraction of sp³-hybridized carbons (Fsp3) is 0.400. The highest BCUT2D eigenvalue weighted by Crippen LogP contribution is 2.48. The molecule has 6 aliphatic rings. The van der Waals surface area contributed by atoms with Crippen LogP contribution in [0.25, 0.3) is 0 Å². The molecule has 0 aromatic heterocycles. The summed E-state index contributed by atoms with van der Waals surface area (Å²) in [4.78, 5) is 7.18. The molecular weight excluding hydrogens is 402 g/mol. The molecular formula is C30H29N3. The van der Waals surface area contributed by atoms with Crippen LogP contribution in [0.4, 0.5) is 0 Å². The number of hydrogen-bond acceptors (Lipinski definition) is 3. The summed E-state index contributed by atoms with van der Waals surface area (Å²) >= 11 is 0. The monoisotopic (exact) mass is 431 g/mol. The lowest BCUT2D eigenvalue weighted by atomic mass is 9.77. The molecule has 3 nitrogen and oxygen atoms in total. The van der Waals surface area contributed by atoms with Gasteiger partial charge < -0.3 is 4.90 Å². The summed E-state index contributed by atoms with van der Waals surface area (Å²) in [6.07, 6.45) is 30.0. The van der Waals surface area contributed by atoms with E-state index < -0.39 is 0 Å². The Hall–Kier alpha value is -3.30. The van der Waals surface area contributed by atoms with Crippen LogP contribution in [0.3, 0.4) is 0 Å². The molecule has 0 bridgehead atoms. The van der Waals surface area contributed by atoms with Gasteiger partial charge in [-0.05, 0) is 67.2 Å². The van der Waals surface area contributed by atoms with Gasteiger partial charge in [-0.25, -0.2) is 4.99 Å². The van der Waals surface area contributed by atoms with Crippen molar-refractivity contribution in [2.75, 3.05) is 0 Å². The fourth-order valence-electron chi connectivity index (χ4n) is 6.57. The van der Waals surface area contributed by atoms with Crippen molar-refractivity contribution in [1.82, 2.24) is 4.90 Å². The normalized spacial score (nSPS) is 34.0. The second-order valence-corrected chi connectivity index (χ2v) is 9.75. The first-order valence-corrected chi connectivity index (χ1v) is 12.4. The Kier molecular flexibility index (Phi) is 5.27. The molecule has 5 unspecified atom stereocenters. The van der Waals surface area contributed by atoms with Crippen LogP contribution < -0.4 is 0 Å². The third kappa shape index (κ3) is 3.48. The van der Waals surface area contributed by atoms with Crippen LogP contribution in [0.15, 0.2) is 88.3 Å². The molecule has 0 N–H and O–H groups in total. The molecule has 2 aliphatic heterocycles. The maximum Gasteiger partial charge on any atom is 0.118 e. The smallest absolute Gasteiger partial charge is 0.118 e. The van der Waals surface area contributed by atoms with E-state index in [-0.39, 0.29) is 0 Å². The van der Waals surface area contributed by atoms with Gasteiger partial charge in [0.1, 0.15) is 11.8 Å². The van der Waals surface area contributed by atoms with Gasteiger partial charge in [0.25, 0.3) is 0 Å². The van der Waals surface area contributed by atoms with Crippen LogP contribution in [-0.4, -0.2) is 22.7 Å². The van der Waals surface area contributed by atoms with Gasteiger partial charge in [-0.1, -0.05) is 60.4 Å². The third-order valence-electron chi connectivity index (χ3n) is 8.07. The van der Waals surface area contributed by atoms with E-state index >= 15 is 0 Å². The van der Waals surface area contributed by atoms with E-state index in [1.165, 1.54) is 35.3 Å². The molecule has 0 saturated carbocycles. The number of nitriles is 1. The zero-order valence-corrected chi connectivity index (χ0v) is 19.0. The van der Waals surface area contributed by atoms with Gasteiger partial charge in [-0.15, -0.1) is 0 Å². The molecule has 4 aliphatic carbocycles. The quantitative estimate of drug-likeness (QED) is 0.409. The van der Waals surface area contributed by atoms with Gasteiger partial charge in [0.15, 0.2) is 0 Å². The molecule has 33 heavy (non-hydrogen) atoms. The van der Waals surface area contributed by atoms with Crippen molar-refractivity contribution in [3.05, 3.63) is 83.3 Å². The maximum atomic E-state index is 9.21. The molecule has 0 amide bonds. The molecule has 0 aromatic rings. The van der Waals surface area contributed by atoms with E-state index in [0.29, 0.717) is 35.5 Å². The van der Waals surface area contributed by atoms with Crippen molar-refractivity contribution >= 4 is 5.71 Å². The average molecular weight is 432 g/mol. The SMILES string of the molecule is N#CC1=NC=C(C2=CC=CCC2C2=C(N3C4C=CC#CC4C4CCC=CC43)CCC=C2)CC1. The minimum absolute atomic E-state index is 0.343. The number of rotatable bonds is 3. The van der Waals surface area contributed by atoms with Crippen molar-refractivity contribution < 1.29 is 0 Å². The van der Waals surface area contributed by atoms with E-state index in [2.05, 4.69) is 82.5 Å². The summed E-state index contributed by atoms with van der Waals surface area (Å²) in [5.74, 6) is 8.26. The lowest BCUT2D eigenvalue weighted by Crippen LogP contribution is -2.38. The van der Waals surface area contributed by atoms with Crippen molar-refractivity contribution in [3.63, 3.8) is 0 Å². The molecule has 3 heteroatoms. The lowest BCUT2D eigenvalue weighted by Gasteiger charge is -2.39. The first-order valence-electron chi connectivity index (χ1n) is 12.4. The summed E-state index contributed by atoms with van der Waals surface area (Å²) in [6.45, 7) is 0. The number of nitrogens with zero attached hydrogens (tertiary/aromatic N) is 3. The topological polar surface area (TPSA) is 39.4 Å². The molecule has 5 atom stereocenters. The molecule has 2 heterocycles. The standard InChI is InChI=1S/C30H29N3/c31-19-22-18-17-21(20-32-22)23-9-1-2-10-24(23)25-11-3-6-14-28(25)33-29-15-7-4-12-26(29)27-13-5-8-16-30(27)33/h1-3,7-9,11,15-16,20,24,26-27,29-30H,4,6,10,12,14,17-18H2. The summed E-state index contributed by atoms with van der Waals surface area (Å²) in [5.41, 5.74) is 6.29. The number of likely N-dealkylation sites (tertiary alicyclic amines) is 1. The number of allylic oxidation sites excluding steroid dienone is 11. The van der Waals surface area contributed by atoms with Gasteiger partial charge in [0.05, 0.1) is 12.1 Å². The van der Waals surface area contributed by atoms with Crippen molar-refractivity contribution in [1.29, 1.82) is 5.26 Å². The molecule has 1 saturated heterocycles. The van der Waals surface area contributed by atoms with E-state index in [4.69, 9.17) is 0 Å². The highest BCUT2D eigenvalue weighted by atomic mass is 15.2. The highest BCUT2D eigenvalue weighted by Gasteiger charge is 2.48. The Labute approximate surface area is 197 Å². The zero-order chi connectivity index (χ0) is 22.2. The molecule has 0 radical (unpaired) electrons. The molecule has 1 fully saturated rings. The van der Waals surface area contributed by atoms with Crippen LogP contribution in [0, 0.1) is 40.9 Å². The molecule has 0 aromatic carbocycles. The highest BCUT2D eigenvalue weighted by molar-refractivity contribution is 5.99.